The molecular weight excluding hydrogens is 471 g/mol. The van der Waals surface area contributed by atoms with Crippen LogP contribution in [0.3, 0.4) is 0 Å². The van der Waals surface area contributed by atoms with Crippen molar-refractivity contribution in [1.29, 1.82) is 0 Å². The Labute approximate surface area is 177 Å². The molecule has 2 aromatic rings. The van der Waals surface area contributed by atoms with Crippen LogP contribution in [0.4, 0.5) is 0 Å². The third-order valence-electron chi connectivity index (χ3n) is 4.00. The number of aliphatic hydroxyl groups excluding tert-OH is 1. The molecule has 0 aliphatic heterocycles. The lowest BCUT2D eigenvalue weighted by molar-refractivity contribution is -0.144. The molecule has 0 amide bonds. The van der Waals surface area contributed by atoms with Crippen LogP contribution in [-0.2, 0) is 16.0 Å². The maximum Gasteiger partial charge on any atom is 0.303 e. The topological polar surface area (TPSA) is 72.8 Å². The van der Waals surface area contributed by atoms with Crippen LogP contribution in [0.2, 0.25) is 0 Å². The molecule has 1 unspecified atom stereocenters. The average molecular weight is 492 g/mol. The molecule has 0 fully saturated rings. The van der Waals surface area contributed by atoms with Gasteiger partial charge < -0.3 is 14.6 Å². The summed E-state index contributed by atoms with van der Waals surface area (Å²) in [4.78, 5) is 24.0. The van der Waals surface area contributed by atoms with Gasteiger partial charge >= 0.3 is 5.97 Å². The van der Waals surface area contributed by atoms with E-state index in [0.29, 0.717) is 23.3 Å². The molecule has 0 bridgehead atoms. The van der Waals surface area contributed by atoms with E-state index in [4.69, 9.17) is 9.47 Å². The van der Waals surface area contributed by atoms with E-state index in [9.17, 15) is 14.7 Å². The summed E-state index contributed by atoms with van der Waals surface area (Å²) in [5.41, 5.74) is 1.60. The first-order valence-corrected chi connectivity index (χ1v) is 9.60. The van der Waals surface area contributed by atoms with Gasteiger partial charge in [-0.05, 0) is 40.3 Å². The fourth-order valence-electron chi connectivity index (χ4n) is 2.74. The predicted octanol–water partition coefficient (Wildman–Crippen LogP) is 4.74. The number of halogens is 1. The molecule has 28 heavy (non-hydrogen) atoms. The highest BCUT2D eigenvalue weighted by atomic mass is 127. The van der Waals surface area contributed by atoms with Gasteiger partial charge in [-0.3, -0.25) is 9.59 Å². The maximum absolute atomic E-state index is 12.8. The molecule has 0 radical (unpaired) electrons. The van der Waals surface area contributed by atoms with Crippen molar-refractivity contribution in [2.45, 2.75) is 19.4 Å². The van der Waals surface area contributed by atoms with Crippen molar-refractivity contribution in [3.63, 3.8) is 0 Å². The Bertz CT molecular complexity index is 917. The van der Waals surface area contributed by atoms with Crippen LogP contribution in [0.1, 0.15) is 28.4 Å². The molecule has 0 heterocycles. The van der Waals surface area contributed by atoms with E-state index in [1.807, 2.05) is 6.07 Å². The van der Waals surface area contributed by atoms with Crippen molar-refractivity contribution in [2.24, 2.45) is 0 Å². The van der Waals surface area contributed by atoms with Crippen LogP contribution < -0.4 is 4.74 Å². The summed E-state index contributed by atoms with van der Waals surface area (Å²) in [7, 11) is 1.49. The summed E-state index contributed by atoms with van der Waals surface area (Å²) in [6.07, 6.45) is 2.50. The van der Waals surface area contributed by atoms with E-state index in [-0.39, 0.29) is 11.5 Å². The van der Waals surface area contributed by atoms with Gasteiger partial charge in [-0.1, -0.05) is 43.0 Å². The van der Waals surface area contributed by atoms with Gasteiger partial charge in [-0.25, -0.2) is 0 Å². The van der Waals surface area contributed by atoms with E-state index in [1.165, 1.54) is 26.2 Å². The smallest absolute Gasteiger partial charge is 0.303 e. The molecule has 0 saturated heterocycles. The van der Waals surface area contributed by atoms with E-state index in [0.717, 1.165) is 9.13 Å². The summed E-state index contributed by atoms with van der Waals surface area (Å²) >= 11 is 2.05. The van der Waals surface area contributed by atoms with Gasteiger partial charge in [-0.2, -0.15) is 0 Å². The summed E-state index contributed by atoms with van der Waals surface area (Å²) in [6, 6.07) is 12.4. The zero-order chi connectivity index (χ0) is 20.7. The molecule has 0 aliphatic carbocycles. The zero-order valence-electron chi connectivity index (χ0n) is 15.6. The van der Waals surface area contributed by atoms with Crippen LogP contribution >= 0.6 is 22.6 Å². The van der Waals surface area contributed by atoms with E-state index in [1.54, 1.807) is 36.4 Å². The van der Waals surface area contributed by atoms with Gasteiger partial charge in [0.1, 0.15) is 17.6 Å². The van der Waals surface area contributed by atoms with Gasteiger partial charge in [0, 0.05) is 28.6 Å². The monoisotopic (exact) mass is 492 g/mol. The predicted molar refractivity (Wildman–Crippen MR) is 117 cm³/mol. The number of carbonyl (C=O) groups is 2. The molecule has 0 aromatic heterocycles. The first-order valence-electron chi connectivity index (χ1n) is 8.53. The number of ketones is 1. The summed E-state index contributed by atoms with van der Waals surface area (Å²) in [5.74, 6) is -0.513. The van der Waals surface area contributed by atoms with Crippen molar-refractivity contribution in [1.82, 2.24) is 0 Å². The average Bonchev–Trinajstić information content (AvgIpc) is 2.66. The number of rotatable bonds is 8. The molecule has 0 spiro atoms. The highest BCUT2D eigenvalue weighted by Crippen LogP contribution is 2.26. The van der Waals surface area contributed by atoms with E-state index >= 15 is 0 Å². The molecule has 1 N–H and O–H groups in total. The normalized spacial score (nSPS) is 12.2. The molecular formula is C22H21IO5. The second kappa shape index (κ2) is 10.1. The minimum Gasteiger partial charge on any atom is -0.507 e. The molecule has 2 rings (SSSR count). The molecule has 2 aromatic carbocycles. The number of aliphatic hydroxyl groups is 1. The van der Waals surface area contributed by atoms with Crippen molar-refractivity contribution < 1.29 is 24.2 Å². The van der Waals surface area contributed by atoms with Crippen molar-refractivity contribution in [3.8, 4) is 5.75 Å². The number of esters is 1. The zero-order valence-corrected chi connectivity index (χ0v) is 17.8. The third-order valence-corrected chi connectivity index (χ3v) is 4.90. The van der Waals surface area contributed by atoms with Crippen LogP contribution in [0.25, 0.3) is 5.76 Å². The van der Waals surface area contributed by atoms with Crippen LogP contribution in [0, 0.1) is 3.57 Å². The first-order chi connectivity index (χ1) is 13.4. The van der Waals surface area contributed by atoms with Gasteiger partial charge in [0.2, 0.25) is 0 Å². The lowest BCUT2D eigenvalue weighted by Crippen LogP contribution is -2.17. The minimum atomic E-state index is -0.530. The number of carbonyl (C=O) groups excluding carboxylic acids is 2. The molecule has 6 heteroatoms. The Hall–Kier alpha value is -2.61. The molecule has 146 valence electrons. The molecule has 0 aliphatic rings. The highest BCUT2D eigenvalue weighted by Gasteiger charge is 2.17. The molecule has 1 atom stereocenters. The second-order valence-corrected chi connectivity index (χ2v) is 7.12. The van der Waals surface area contributed by atoms with Crippen molar-refractivity contribution >= 4 is 40.1 Å². The molecule has 5 nitrogen and oxygen atoms in total. The van der Waals surface area contributed by atoms with Crippen LogP contribution in [0.5, 0.6) is 5.75 Å². The summed E-state index contributed by atoms with van der Waals surface area (Å²) in [6.45, 7) is 5.01. The second-order valence-electron chi connectivity index (χ2n) is 5.96. The van der Waals surface area contributed by atoms with Gasteiger partial charge in [0.05, 0.1) is 12.7 Å². The Morgan fingerprint density at radius 3 is 2.57 bits per heavy atom. The Morgan fingerprint density at radius 2 is 1.93 bits per heavy atom. The van der Waals surface area contributed by atoms with Crippen LogP contribution in [-0.4, -0.2) is 30.1 Å². The Morgan fingerprint density at radius 1 is 1.21 bits per heavy atom. The lowest BCUT2D eigenvalue weighted by atomic mass is 9.98. The summed E-state index contributed by atoms with van der Waals surface area (Å²) in [5, 5.41) is 10.6. The highest BCUT2D eigenvalue weighted by molar-refractivity contribution is 14.1. The number of ether oxygens (including phenoxy) is 2. The van der Waals surface area contributed by atoms with Gasteiger partial charge in [0.15, 0.2) is 5.78 Å². The Balaban J connectivity index is 2.37. The number of benzene rings is 2. The summed E-state index contributed by atoms with van der Waals surface area (Å²) < 4.78 is 11.2. The fourth-order valence-corrected chi connectivity index (χ4v) is 3.48. The maximum atomic E-state index is 12.8. The first kappa shape index (κ1) is 21.7. The molecule has 0 saturated carbocycles. The van der Waals surface area contributed by atoms with Gasteiger partial charge in [-0.15, -0.1) is 0 Å². The van der Waals surface area contributed by atoms with E-state index in [2.05, 4.69) is 29.2 Å². The van der Waals surface area contributed by atoms with Crippen molar-refractivity contribution in [2.75, 3.05) is 7.11 Å². The number of methoxy groups -OCH3 is 1. The fraction of sp³-hybridized carbons (Fsp3) is 0.182. The van der Waals surface area contributed by atoms with Crippen LogP contribution in [0.15, 0.2) is 61.2 Å². The lowest BCUT2D eigenvalue weighted by Gasteiger charge is -2.15. The number of hydrogen-bond acceptors (Lipinski definition) is 5. The standard InChI is InChI=1S/C22H21IO5/c1-4-16(28-14(2)24)12-15-8-5-6-9-17(15)19(25)13-20(26)22-18(23)10-7-11-21(22)27-3/h4-11,13,16,25H,1,12H2,2-3H3/b19-13-. The van der Waals surface area contributed by atoms with Crippen molar-refractivity contribution in [3.05, 3.63) is 81.5 Å². The number of allylic oxidation sites excluding steroid dienone is 1. The largest absolute Gasteiger partial charge is 0.507 e. The number of hydrogen-bond donors (Lipinski definition) is 1. The Kier molecular flexibility index (Phi) is 7.80. The third kappa shape index (κ3) is 5.45. The SMILES string of the molecule is C=CC(Cc1ccccc1/C(O)=C/C(=O)c1c(I)cccc1OC)OC(C)=O. The van der Waals surface area contributed by atoms with E-state index < -0.39 is 12.1 Å². The quantitative estimate of drug-likeness (QED) is 0.144. The van der Waals surface area contributed by atoms with Gasteiger partial charge in [0.25, 0.3) is 0 Å². The minimum absolute atomic E-state index is 0.173.